The molecule has 2 atom stereocenters. The normalized spacial score (nSPS) is 15.8. The number of carboxylic acid groups (broad SMARTS) is 2. The molecule has 0 bridgehead atoms. The summed E-state index contributed by atoms with van der Waals surface area (Å²) in [6, 6.07) is -1.77. The van der Waals surface area contributed by atoms with Crippen molar-refractivity contribution in [2.24, 2.45) is 5.73 Å². The lowest BCUT2D eigenvalue weighted by molar-refractivity contribution is -0.154. The van der Waals surface area contributed by atoms with Crippen LogP contribution in [-0.2, 0) is 9.59 Å². The van der Waals surface area contributed by atoms with Gasteiger partial charge in [-0.2, -0.15) is 0 Å². The van der Waals surface area contributed by atoms with Crippen LogP contribution in [0.25, 0.3) is 0 Å². The predicted octanol–water partition coefficient (Wildman–Crippen LogP) is -2.16. The molecule has 0 aromatic heterocycles. The van der Waals surface area contributed by atoms with Crippen LogP contribution in [0.3, 0.4) is 0 Å². The molecule has 0 unspecified atom stereocenters. The van der Waals surface area contributed by atoms with Crippen LogP contribution in [0, 0.1) is 0 Å². The third-order valence-corrected chi connectivity index (χ3v) is 0.878. The largest absolute Gasteiger partial charge is 0.480 e. The average Bonchev–Trinajstić information content (AvgIpc) is 1.84. The number of aliphatic hydroxyl groups excluding tert-OH is 1. The minimum atomic E-state index is -2.04. The molecule has 5 N–H and O–H groups in total. The van der Waals surface area contributed by atoms with Gasteiger partial charge in [0.05, 0.1) is 0 Å². The zero-order chi connectivity index (χ0) is 8.31. The molecule has 0 heterocycles. The summed E-state index contributed by atoms with van der Waals surface area (Å²) in [5.41, 5.74) is 4.73. The van der Waals surface area contributed by atoms with E-state index in [1.807, 2.05) is 0 Å². The molecule has 0 spiro atoms. The quantitative estimate of drug-likeness (QED) is 0.363. The van der Waals surface area contributed by atoms with Gasteiger partial charge in [0.15, 0.2) is 6.10 Å². The van der Waals surface area contributed by atoms with E-state index in [4.69, 9.17) is 21.1 Å². The molecule has 58 valence electrons. The Hall–Kier alpha value is -1.14. The van der Waals surface area contributed by atoms with E-state index in [1.165, 1.54) is 0 Å². The lowest BCUT2D eigenvalue weighted by Gasteiger charge is -2.08. The van der Waals surface area contributed by atoms with E-state index in [1.54, 1.807) is 0 Å². The summed E-state index contributed by atoms with van der Waals surface area (Å²) in [5.74, 6) is -3.19. The van der Waals surface area contributed by atoms with Gasteiger partial charge in [-0.1, -0.05) is 0 Å². The first-order chi connectivity index (χ1) is 4.46. The molecule has 0 amide bonds. The van der Waals surface area contributed by atoms with Gasteiger partial charge in [0, 0.05) is 0 Å². The van der Waals surface area contributed by atoms with Crippen molar-refractivity contribution in [2.75, 3.05) is 0 Å². The zero-order valence-electron chi connectivity index (χ0n) is 4.89. The molecule has 0 fully saturated rings. The molecule has 0 aliphatic rings. The van der Waals surface area contributed by atoms with E-state index in [-0.39, 0.29) is 0 Å². The molecular formula is C4H7NO5. The molecule has 0 saturated carbocycles. The number of rotatable bonds is 3. The van der Waals surface area contributed by atoms with Crippen molar-refractivity contribution < 1.29 is 24.9 Å². The molecule has 6 nitrogen and oxygen atoms in total. The third kappa shape index (κ3) is 2.00. The second kappa shape index (κ2) is 3.14. The Bertz CT molecular complexity index is 138. The monoisotopic (exact) mass is 149 g/mol. The highest BCUT2D eigenvalue weighted by Crippen LogP contribution is 1.89. The topological polar surface area (TPSA) is 121 Å². The van der Waals surface area contributed by atoms with Crippen molar-refractivity contribution in [1.82, 2.24) is 0 Å². The summed E-state index contributed by atoms with van der Waals surface area (Å²) < 4.78 is 0. The first-order valence-corrected chi connectivity index (χ1v) is 2.36. The van der Waals surface area contributed by atoms with Gasteiger partial charge in [-0.15, -0.1) is 0 Å². The number of hydrogen-bond acceptors (Lipinski definition) is 4. The highest BCUT2D eigenvalue weighted by molar-refractivity contribution is 5.83. The van der Waals surface area contributed by atoms with Crippen molar-refractivity contribution in [3.05, 3.63) is 0 Å². The molecule has 0 rings (SSSR count). The maximum atomic E-state index is 9.90. The Morgan fingerprint density at radius 1 is 1.20 bits per heavy atom. The van der Waals surface area contributed by atoms with Gasteiger partial charge in [-0.05, 0) is 0 Å². The maximum absolute atomic E-state index is 9.90. The van der Waals surface area contributed by atoms with Gasteiger partial charge < -0.3 is 21.1 Å². The van der Waals surface area contributed by atoms with E-state index in [0.717, 1.165) is 0 Å². The van der Waals surface area contributed by atoms with Crippen LogP contribution < -0.4 is 5.73 Å². The summed E-state index contributed by atoms with van der Waals surface area (Å²) in [6.07, 6.45) is -2.04. The molecule has 0 radical (unpaired) electrons. The second-order valence-electron chi connectivity index (χ2n) is 1.65. The van der Waals surface area contributed by atoms with Crippen LogP contribution in [0.4, 0.5) is 0 Å². The number of carboxylic acids is 2. The summed E-state index contributed by atoms with van der Waals surface area (Å²) >= 11 is 0. The van der Waals surface area contributed by atoms with Crippen molar-refractivity contribution in [3.8, 4) is 0 Å². The highest BCUT2D eigenvalue weighted by Gasteiger charge is 2.27. The third-order valence-electron chi connectivity index (χ3n) is 0.878. The van der Waals surface area contributed by atoms with Crippen LogP contribution in [0.2, 0.25) is 0 Å². The Kier molecular flexibility index (Phi) is 2.78. The van der Waals surface area contributed by atoms with Crippen molar-refractivity contribution >= 4 is 11.9 Å². The van der Waals surface area contributed by atoms with E-state index in [9.17, 15) is 9.59 Å². The number of aliphatic carboxylic acids is 2. The Morgan fingerprint density at radius 2 is 1.60 bits per heavy atom. The van der Waals surface area contributed by atoms with E-state index >= 15 is 0 Å². The maximum Gasteiger partial charge on any atom is 0.334 e. The molecule has 0 saturated heterocycles. The lowest BCUT2D eigenvalue weighted by atomic mass is 10.2. The highest BCUT2D eigenvalue weighted by atomic mass is 16.4. The fourth-order valence-corrected chi connectivity index (χ4v) is 0.289. The van der Waals surface area contributed by atoms with Crippen LogP contribution in [-0.4, -0.2) is 39.4 Å². The Labute approximate surface area is 55.9 Å². The zero-order valence-corrected chi connectivity index (χ0v) is 4.89. The number of carbonyl (C=O) groups is 2. The van der Waals surface area contributed by atoms with Gasteiger partial charge in [0.2, 0.25) is 0 Å². The van der Waals surface area contributed by atoms with Crippen LogP contribution in [0.15, 0.2) is 0 Å². The molecule has 0 aliphatic heterocycles. The van der Waals surface area contributed by atoms with E-state index < -0.39 is 24.1 Å². The first-order valence-electron chi connectivity index (χ1n) is 2.36. The fraction of sp³-hybridized carbons (Fsp3) is 0.500. The summed E-state index contributed by atoms with van der Waals surface area (Å²) in [4.78, 5) is 19.7. The minimum absolute atomic E-state index is 1.55. The smallest absolute Gasteiger partial charge is 0.334 e. The lowest BCUT2D eigenvalue weighted by Crippen LogP contribution is -2.46. The first kappa shape index (κ1) is 8.86. The van der Waals surface area contributed by atoms with Crippen LogP contribution in [0.1, 0.15) is 0 Å². The van der Waals surface area contributed by atoms with Gasteiger partial charge in [-0.3, -0.25) is 4.79 Å². The molecule has 0 aromatic carbocycles. The number of nitrogens with two attached hydrogens (primary N) is 1. The minimum Gasteiger partial charge on any atom is -0.480 e. The SMILES string of the molecule is N[C@H](C(=O)O)[C@@H](O)C(=O)O. The van der Waals surface area contributed by atoms with Crippen molar-refractivity contribution in [1.29, 1.82) is 0 Å². The van der Waals surface area contributed by atoms with Gasteiger partial charge in [0.1, 0.15) is 6.04 Å². The summed E-state index contributed by atoms with van der Waals surface area (Å²) in [5, 5.41) is 24.5. The van der Waals surface area contributed by atoms with Crippen molar-refractivity contribution in [3.63, 3.8) is 0 Å². The molecule has 6 heteroatoms. The van der Waals surface area contributed by atoms with Crippen LogP contribution >= 0.6 is 0 Å². The predicted molar refractivity (Wildman–Crippen MR) is 29.3 cm³/mol. The number of hydrogen-bond donors (Lipinski definition) is 4. The van der Waals surface area contributed by atoms with Crippen LogP contribution in [0.5, 0.6) is 0 Å². The van der Waals surface area contributed by atoms with Gasteiger partial charge >= 0.3 is 11.9 Å². The molecule has 10 heavy (non-hydrogen) atoms. The molecule has 0 aliphatic carbocycles. The standard InChI is InChI=1S/C4H7NO5/c5-1(3(7)8)2(6)4(9)10/h1-2,6H,5H2,(H,7,8)(H,9,10)/t1-,2+/m0/s1. The summed E-state index contributed by atoms with van der Waals surface area (Å²) in [6.45, 7) is 0. The molecule has 0 aromatic rings. The molecular weight excluding hydrogens is 142 g/mol. The second-order valence-corrected chi connectivity index (χ2v) is 1.65. The van der Waals surface area contributed by atoms with Crippen molar-refractivity contribution in [2.45, 2.75) is 12.1 Å². The van der Waals surface area contributed by atoms with Gasteiger partial charge in [0.25, 0.3) is 0 Å². The van der Waals surface area contributed by atoms with E-state index in [0.29, 0.717) is 0 Å². The fourth-order valence-electron chi connectivity index (χ4n) is 0.289. The summed E-state index contributed by atoms with van der Waals surface area (Å²) in [7, 11) is 0. The average molecular weight is 149 g/mol. The Morgan fingerprint density at radius 3 is 1.70 bits per heavy atom. The van der Waals surface area contributed by atoms with E-state index in [2.05, 4.69) is 0 Å². The number of aliphatic hydroxyl groups is 1. The Balaban J connectivity index is 4.07. The van der Waals surface area contributed by atoms with Gasteiger partial charge in [-0.25, -0.2) is 4.79 Å².